The van der Waals surface area contributed by atoms with Crippen molar-refractivity contribution in [3.63, 3.8) is 0 Å². The average molecular weight is 268 g/mol. The van der Waals surface area contributed by atoms with E-state index in [9.17, 15) is 4.79 Å². The Hall–Kier alpha value is -1.13. The Morgan fingerprint density at radius 3 is 2.72 bits per heavy atom. The summed E-state index contributed by atoms with van der Waals surface area (Å²) in [6, 6.07) is 3.32. The van der Waals surface area contributed by atoms with Crippen molar-refractivity contribution in [3.8, 4) is 0 Å². The molecule has 1 aromatic rings. The van der Waals surface area contributed by atoms with E-state index in [1.807, 2.05) is 6.92 Å². The second kappa shape index (κ2) is 6.16. The molecule has 0 spiro atoms. The molecule has 1 N–H and O–H groups in total. The predicted octanol–water partition coefficient (Wildman–Crippen LogP) is 2.55. The fourth-order valence-electron chi connectivity index (χ4n) is 2.15. The summed E-state index contributed by atoms with van der Waals surface area (Å²) >= 11 is 5.75. The Kier molecular flexibility index (Phi) is 4.55. The quantitative estimate of drug-likeness (QED) is 0.915. The molecule has 4 nitrogen and oxygen atoms in total. The van der Waals surface area contributed by atoms with Crippen molar-refractivity contribution in [3.05, 3.63) is 23.4 Å². The molecule has 0 bridgehead atoms. The largest absolute Gasteiger partial charge is 0.309 e. The van der Waals surface area contributed by atoms with Crippen molar-refractivity contribution in [2.24, 2.45) is 0 Å². The van der Waals surface area contributed by atoms with Crippen LogP contribution >= 0.6 is 11.6 Å². The van der Waals surface area contributed by atoms with Gasteiger partial charge >= 0.3 is 0 Å². The lowest BCUT2D eigenvalue weighted by atomic mass is 10.1. The highest BCUT2D eigenvalue weighted by atomic mass is 35.5. The third-order valence-electron chi connectivity index (χ3n) is 3.30. The molecular weight excluding hydrogens is 250 g/mol. The van der Waals surface area contributed by atoms with Gasteiger partial charge in [-0.15, -0.1) is 0 Å². The summed E-state index contributed by atoms with van der Waals surface area (Å²) in [5, 5.41) is 3.38. The lowest BCUT2D eigenvalue weighted by Crippen LogP contribution is -2.44. The second-order valence-electron chi connectivity index (χ2n) is 4.62. The second-order valence-corrected chi connectivity index (χ2v) is 5.06. The third kappa shape index (κ3) is 3.43. The number of piperidine rings is 1. The first-order valence-corrected chi connectivity index (χ1v) is 6.71. The molecular formula is C13H18ClN3O. The van der Waals surface area contributed by atoms with Crippen molar-refractivity contribution < 1.29 is 4.79 Å². The van der Waals surface area contributed by atoms with Crippen LogP contribution in [-0.4, -0.2) is 34.9 Å². The van der Waals surface area contributed by atoms with Gasteiger partial charge in [-0.25, -0.2) is 4.98 Å². The SMILES string of the molecule is CC(C(=O)Nc1ccc(Cl)cn1)N1CCCCC1. The summed E-state index contributed by atoms with van der Waals surface area (Å²) in [7, 11) is 0. The molecule has 2 heterocycles. The highest BCUT2D eigenvalue weighted by Gasteiger charge is 2.22. The van der Waals surface area contributed by atoms with Crippen LogP contribution in [0.3, 0.4) is 0 Å². The van der Waals surface area contributed by atoms with Crippen LogP contribution < -0.4 is 5.32 Å². The zero-order valence-corrected chi connectivity index (χ0v) is 11.3. The highest BCUT2D eigenvalue weighted by Crippen LogP contribution is 2.14. The molecule has 0 saturated carbocycles. The van der Waals surface area contributed by atoms with Crippen molar-refractivity contribution >= 4 is 23.3 Å². The van der Waals surface area contributed by atoms with Gasteiger partial charge in [0, 0.05) is 6.20 Å². The van der Waals surface area contributed by atoms with E-state index in [1.54, 1.807) is 12.1 Å². The fraction of sp³-hybridized carbons (Fsp3) is 0.538. The van der Waals surface area contributed by atoms with Crippen LogP contribution in [0.2, 0.25) is 5.02 Å². The van der Waals surface area contributed by atoms with Gasteiger partial charge in [0.1, 0.15) is 5.82 Å². The summed E-state index contributed by atoms with van der Waals surface area (Å²) < 4.78 is 0. The predicted molar refractivity (Wildman–Crippen MR) is 72.8 cm³/mol. The number of anilines is 1. The molecule has 0 radical (unpaired) electrons. The summed E-state index contributed by atoms with van der Waals surface area (Å²) in [6.45, 7) is 3.95. The number of likely N-dealkylation sites (tertiary alicyclic amines) is 1. The van der Waals surface area contributed by atoms with E-state index in [0.29, 0.717) is 10.8 Å². The Bertz CT molecular complexity index is 401. The van der Waals surface area contributed by atoms with Crippen LogP contribution in [0.4, 0.5) is 5.82 Å². The fourth-order valence-corrected chi connectivity index (χ4v) is 2.26. The van der Waals surface area contributed by atoms with Crippen molar-refractivity contribution in [2.45, 2.75) is 32.2 Å². The molecule has 18 heavy (non-hydrogen) atoms. The zero-order chi connectivity index (χ0) is 13.0. The maximum Gasteiger partial charge on any atom is 0.242 e. The standard InChI is InChI=1S/C13H18ClN3O/c1-10(17-7-3-2-4-8-17)13(18)16-12-6-5-11(14)9-15-12/h5-6,9-10H,2-4,7-8H2,1H3,(H,15,16,18). The number of hydrogen-bond acceptors (Lipinski definition) is 3. The Balaban J connectivity index is 1.92. The number of hydrogen-bond donors (Lipinski definition) is 1. The van der Waals surface area contributed by atoms with Crippen LogP contribution in [-0.2, 0) is 4.79 Å². The van der Waals surface area contributed by atoms with Gasteiger partial charge in [-0.2, -0.15) is 0 Å². The third-order valence-corrected chi connectivity index (χ3v) is 3.52. The number of amides is 1. The zero-order valence-electron chi connectivity index (χ0n) is 10.5. The van der Waals surface area contributed by atoms with Crippen LogP contribution in [0.25, 0.3) is 0 Å². The number of halogens is 1. The van der Waals surface area contributed by atoms with E-state index in [0.717, 1.165) is 13.1 Å². The molecule has 5 heteroatoms. The number of carbonyl (C=O) groups excluding carboxylic acids is 1. The molecule has 0 aliphatic carbocycles. The lowest BCUT2D eigenvalue weighted by Gasteiger charge is -2.31. The van der Waals surface area contributed by atoms with Crippen molar-refractivity contribution in [1.29, 1.82) is 0 Å². The molecule has 2 rings (SSSR count). The van der Waals surface area contributed by atoms with E-state index in [4.69, 9.17) is 11.6 Å². The Morgan fingerprint density at radius 1 is 1.39 bits per heavy atom. The minimum atomic E-state index is -0.109. The Morgan fingerprint density at radius 2 is 2.11 bits per heavy atom. The topological polar surface area (TPSA) is 45.2 Å². The van der Waals surface area contributed by atoms with Gasteiger partial charge in [0.2, 0.25) is 5.91 Å². The molecule has 98 valence electrons. The molecule has 1 fully saturated rings. The number of pyridine rings is 1. The minimum absolute atomic E-state index is 0.00766. The van der Waals surface area contributed by atoms with Crippen LogP contribution in [0.1, 0.15) is 26.2 Å². The first kappa shape index (κ1) is 13.3. The maximum absolute atomic E-state index is 12.1. The summed E-state index contributed by atoms with van der Waals surface area (Å²) in [5.74, 6) is 0.542. The molecule has 1 atom stereocenters. The summed E-state index contributed by atoms with van der Waals surface area (Å²) in [4.78, 5) is 18.4. The Labute approximate surface area is 112 Å². The number of aromatic nitrogens is 1. The van der Waals surface area contributed by atoms with Gasteiger partial charge in [0.15, 0.2) is 0 Å². The van der Waals surface area contributed by atoms with Crippen LogP contribution in [0, 0.1) is 0 Å². The molecule has 1 unspecified atom stereocenters. The van der Waals surface area contributed by atoms with Gasteiger partial charge in [0.05, 0.1) is 11.1 Å². The van der Waals surface area contributed by atoms with Gasteiger partial charge < -0.3 is 5.32 Å². The van der Waals surface area contributed by atoms with Crippen molar-refractivity contribution in [2.75, 3.05) is 18.4 Å². The van der Waals surface area contributed by atoms with Gasteiger partial charge in [-0.3, -0.25) is 9.69 Å². The van der Waals surface area contributed by atoms with E-state index in [-0.39, 0.29) is 11.9 Å². The molecule has 0 aromatic carbocycles. The number of nitrogens with zero attached hydrogens (tertiary/aromatic N) is 2. The number of carbonyl (C=O) groups is 1. The normalized spacial score (nSPS) is 18.3. The van der Waals surface area contributed by atoms with E-state index in [2.05, 4.69) is 15.2 Å². The van der Waals surface area contributed by atoms with Crippen LogP contribution in [0.15, 0.2) is 18.3 Å². The van der Waals surface area contributed by atoms with Gasteiger partial charge in [-0.05, 0) is 45.0 Å². The first-order chi connectivity index (χ1) is 8.66. The monoisotopic (exact) mass is 267 g/mol. The minimum Gasteiger partial charge on any atom is -0.309 e. The lowest BCUT2D eigenvalue weighted by molar-refractivity contribution is -0.121. The van der Waals surface area contributed by atoms with Gasteiger partial charge in [0.25, 0.3) is 0 Å². The van der Waals surface area contributed by atoms with E-state index in [1.165, 1.54) is 25.5 Å². The number of rotatable bonds is 3. The van der Waals surface area contributed by atoms with Crippen LogP contribution in [0.5, 0.6) is 0 Å². The average Bonchev–Trinajstić information content (AvgIpc) is 2.41. The molecule has 1 aromatic heterocycles. The molecule has 1 saturated heterocycles. The summed E-state index contributed by atoms with van der Waals surface area (Å²) in [6.07, 6.45) is 5.15. The molecule has 1 amide bonds. The molecule has 1 aliphatic rings. The van der Waals surface area contributed by atoms with E-state index >= 15 is 0 Å². The number of nitrogens with one attached hydrogen (secondary N) is 1. The van der Waals surface area contributed by atoms with Crippen molar-refractivity contribution in [1.82, 2.24) is 9.88 Å². The molecule has 1 aliphatic heterocycles. The first-order valence-electron chi connectivity index (χ1n) is 6.33. The van der Waals surface area contributed by atoms with E-state index < -0.39 is 0 Å². The highest BCUT2D eigenvalue weighted by molar-refractivity contribution is 6.30. The smallest absolute Gasteiger partial charge is 0.242 e. The maximum atomic E-state index is 12.1. The van der Waals surface area contributed by atoms with Gasteiger partial charge in [-0.1, -0.05) is 18.0 Å². The summed E-state index contributed by atoms with van der Waals surface area (Å²) in [5.41, 5.74) is 0.